The van der Waals surface area contributed by atoms with Crippen LogP contribution in [0.15, 0.2) is 48.8 Å². The standard InChI is InChI=1S/C29H30ClFN7O6P/c1-29(2,3)15-34-25-18(12-32)13-33-26-22(25)10-21(11-23(26)30)38(28(39)43-16-44-45(40,41)42)27(17-4-6-19(31)7-5-17)24-14-37(36-35-24)20-8-9-20/h4-7,10-11,13-14,20,27H,8-9,15-16H2,1-3H3,(H,33,34)(H2,40,41,42)/i27D. The van der Waals surface area contributed by atoms with Crippen LogP contribution in [0.5, 0.6) is 0 Å². The van der Waals surface area contributed by atoms with Crippen LogP contribution in [-0.2, 0) is 13.8 Å². The fourth-order valence-corrected chi connectivity index (χ4v) is 4.89. The number of phosphoric acid groups is 1. The number of rotatable bonds is 10. The van der Waals surface area contributed by atoms with Gasteiger partial charge in [-0.1, -0.05) is 49.7 Å². The highest BCUT2D eigenvalue weighted by molar-refractivity contribution is 7.46. The van der Waals surface area contributed by atoms with Gasteiger partial charge in [-0.25, -0.2) is 23.0 Å². The van der Waals surface area contributed by atoms with Crippen molar-refractivity contribution in [2.45, 2.75) is 45.7 Å². The van der Waals surface area contributed by atoms with Crippen LogP contribution in [0.4, 0.5) is 20.6 Å². The number of nitrogens with zero attached hydrogens (tertiary/aromatic N) is 6. The normalized spacial score (nSPS) is 15.2. The zero-order valence-electron chi connectivity index (χ0n) is 25.4. The number of nitriles is 1. The molecule has 3 N–H and O–H groups in total. The second-order valence-corrected chi connectivity index (χ2v) is 13.2. The quantitative estimate of drug-likeness (QED) is 0.133. The molecule has 1 fully saturated rings. The first-order valence-corrected chi connectivity index (χ1v) is 15.6. The molecule has 2 aromatic carbocycles. The van der Waals surface area contributed by atoms with E-state index in [2.05, 4.69) is 31.2 Å². The number of pyridine rings is 1. The third kappa shape index (κ3) is 7.76. The highest BCUT2D eigenvalue weighted by Gasteiger charge is 2.35. The Hall–Kier alpha value is -4.12. The van der Waals surface area contributed by atoms with Gasteiger partial charge in [0.1, 0.15) is 23.6 Å². The van der Waals surface area contributed by atoms with E-state index in [4.69, 9.17) is 26.1 Å². The molecule has 5 rings (SSSR count). The number of nitrogens with one attached hydrogen (secondary N) is 1. The fourth-order valence-electron chi connectivity index (χ4n) is 4.44. The summed E-state index contributed by atoms with van der Waals surface area (Å²) in [5.41, 5.74) is 0.621. The van der Waals surface area contributed by atoms with Gasteiger partial charge in [0.2, 0.25) is 6.79 Å². The lowest BCUT2D eigenvalue weighted by molar-refractivity contribution is 0.0427. The molecule has 45 heavy (non-hydrogen) atoms. The summed E-state index contributed by atoms with van der Waals surface area (Å²) in [6.45, 7) is 5.26. The highest BCUT2D eigenvalue weighted by atomic mass is 35.5. The van der Waals surface area contributed by atoms with Crippen LogP contribution in [0.2, 0.25) is 5.02 Å². The van der Waals surface area contributed by atoms with E-state index in [0.717, 1.165) is 29.9 Å². The maximum Gasteiger partial charge on any atom is 0.472 e. The molecule has 1 atom stereocenters. The van der Waals surface area contributed by atoms with Crippen LogP contribution in [-0.4, -0.2) is 49.2 Å². The van der Waals surface area contributed by atoms with Crippen LogP contribution in [0.1, 0.15) is 63.9 Å². The summed E-state index contributed by atoms with van der Waals surface area (Å²) in [7, 11) is -5.04. The first-order chi connectivity index (χ1) is 21.6. The molecule has 2 heterocycles. The van der Waals surface area contributed by atoms with Crippen molar-refractivity contribution < 1.29 is 34.2 Å². The van der Waals surface area contributed by atoms with Crippen molar-refractivity contribution in [1.82, 2.24) is 20.0 Å². The van der Waals surface area contributed by atoms with E-state index in [0.29, 0.717) is 17.6 Å². The number of hydrogen-bond donors (Lipinski definition) is 3. The lowest BCUT2D eigenvalue weighted by Crippen LogP contribution is -2.37. The van der Waals surface area contributed by atoms with Gasteiger partial charge in [-0.3, -0.25) is 9.88 Å². The summed E-state index contributed by atoms with van der Waals surface area (Å²) in [4.78, 5) is 37.5. The largest absolute Gasteiger partial charge is 0.472 e. The molecular weight excluding hydrogens is 628 g/mol. The van der Waals surface area contributed by atoms with Gasteiger partial charge in [-0.2, -0.15) is 5.26 Å². The van der Waals surface area contributed by atoms with Gasteiger partial charge in [0.25, 0.3) is 0 Å². The number of anilines is 2. The fraction of sp³-hybridized carbons (Fsp3) is 0.345. The first-order valence-electron chi connectivity index (χ1n) is 14.2. The van der Waals surface area contributed by atoms with Crippen molar-refractivity contribution >= 4 is 47.8 Å². The SMILES string of the molecule is [2H]C(c1ccc(F)cc1)(c1cn(C2CC2)nn1)N(C(=O)OCOP(=O)(O)O)c1cc(Cl)c2ncc(C#N)c(NCC(C)(C)C)c2c1. The first kappa shape index (κ1) is 30.9. The summed E-state index contributed by atoms with van der Waals surface area (Å²) in [6, 6.07) is 7.47. The molecule has 1 aliphatic rings. The predicted molar refractivity (Wildman–Crippen MR) is 163 cm³/mol. The number of hydrogen-bond acceptors (Lipinski definition) is 9. The molecule has 13 nitrogen and oxygen atoms in total. The molecule has 0 radical (unpaired) electrons. The number of benzene rings is 2. The lowest BCUT2D eigenvalue weighted by Gasteiger charge is -2.31. The number of aromatic nitrogens is 4. The average Bonchev–Trinajstić information content (AvgIpc) is 3.70. The third-order valence-electron chi connectivity index (χ3n) is 6.68. The molecule has 1 aliphatic carbocycles. The monoisotopic (exact) mass is 658 g/mol. The molecule has 4 aromatic rings. The predicted octanol–water partition coefficient (Wildman–Crippen LogP) is 6.08. The lowest BCUT2D eigenvalue weighted by atomic mass is 9.96. The van der Waals surface area contributed by atoms with E-state index in [1.165, 1.54) is 36.7 Å². The Kier molecular flexibility index (Phi) is 8.72. The molecule has 16 heteroatoms. The zero-order valence-corrected chi connectivity index (χ0v) is 26.1. The Morgan fingerprint density at radius 2 is 2.04 bits per heavy atom. The van der Waals surface area contributed by atoms with Gasteiger partial charge in [0.15, 0.2) is 0 Å². The second-order valence-electron chi connectivity index (χ2n) is 11.6. The Morgan fingerprint density at radius 3 is 2.67 bits per heavy atom. The summed E-state index contributed by atoms with van der Waals surface area (Å²) in [5, 5.41) is 21.9. The minimum Gasteiger partial charge on any atom is -0.421 e. The molecular formula is C29H30ClFN7O6P. The Labute approximate surface area is 264 Å². The minimum atomic E-state index is -5.04. The summed E-state index contributed by atoms with van der Waals surface area (Å²) in [5.74, 6) is -0.602. The van der Waals surface area contributed by atoms with Gasteiger partial charge < -0.3 is 19.8 Å². The number of phosphoric ester groups is 1. The summed E-state index contributed by atoms with van der Waals surface area (Å²) in [6.07, 6.45) is 3.25. The smallest absolute Gasteiger partial charge is 0.421 e. The van der Waals surface area contributed by atoms with Crippen molar-refractivity contribution in [1.29, 1.82) is 5.26 Å². The van der Waals surface area contributed by atoms with Crippen molar-refractivity contribution in [3.05, 3.63) is 76.5 Å². The van der Waals surface area contributed by atoms with Crippen molar-refractivity contribution in [3.8, 4) is 6.07 Å². The Bertz CT molecular complexity index is 1870. The van der Waals surface area contributed by atoms with Gasteiger partial charge >= 0.3 is 13.9 Å². The second kappa shape index (κ2) is 12.7. The molecule has 0 spiro atoms. The van der Waals surface area contributed by atoms with E-state index in [1.807, 2.05) is 20.8 Å². The molecule has 0 saturated heterocycles. The molecule has 1 amide bonds. The minimum absolute atomic E-state index is 0.0446. The number of fused-ring (bicyclic) bond motifs is 1. The van der Waals surface area contributed by atoms with Crippen LogP contribution >= 0.6 is 19.4 Å². The maximum atomic E-state index is 14.1. The van der Waals surface area contributed by atoms with Crippen molar-refractivity contribution in [2.75, 3.05) is 23.6 Å². The third-order valence-corrected chi connectivity index (χ3v) is 7.41. The topological polar surface area (TPSA) is 176 Å². The van der Waals surface area contributed by atoms with Crippen LogP contribution < -0.4 is 10.2 Å². The molecule has 1 saturated carbocycles. The van der Waals surface area contributed by atoms with E-state index in [1.54, 1.807) is 4.68 Å². The number of amides is 1. The van der Waals surface area contributed by atoms with Crippen molar-refractivity contribution in [2.24, 2.45) is 5.41 Å². The maximum absolute atomic E-state index is 14.1. The molecule has 0 aliphatic heterocycles. The van der Waals surface area contributed by atoms with Gasteiger partial charge in [0, 0.05) is 18.1 Å². The number of carbonyl (C=O) groups is 1. The highest BCUT2D eigenvalue weighted by Crippen LogP contribution is 2.41. The summed E-state index contributed by atoms with van der Waals surface area (Å²) < 4.78 is 46.4. The number of halogens is 2. The van der Waals surface area contributed by atoms with E-state index in [9.17, 15) is 20.4 Å². The van der Waals surface area contributed by atoms with Gasteiger partial charge in [-0.05, 0) is 48.1 Å². The molecule has 2 aromatic heterocycles. The average molecular weight is 659 g/mol. The molecule has 1 unspecified atom stereocenters. The Morgan fingerprint density at radius 1 is 1.33 bits per heavy atom. The van der Waals surface area contributed by atoms with Gasteiger partial charge in [0.05, 0.1) is 41.1 Å². The van der Waals surface area contributed by atoms with Crippen LogP contribution in [0.3, 0.4) is 0 Å². The van der Waals surface area contributed by atoms with Crippen LogP contribution in [0, 0.1) is 22.6 Å². The number of carbonyl (C=O) groups excluding carboxylic acids is 1. The molecule has 0 bridgehead atoms. The zero-order chi connectivity index (χ0) is 33.4. The van der Waals surface area contributed by atoms with Gasteiger partial charge in [-0.15, -0.1) is 5.10 Å². The van der Waals surface area contributed by atoms with E-state index < -0.39 is 32.5 Å². The summed E-state index contributed by atoms with van der Waals surface area (Å²) >= 11 is 6.73. The van der Waals surface area contributed by atoms with E-state index >= 15 is 0 Å². The number of ether oxygens (including phenoxy) is 1. The van der Waals surface area contributed by atoms with Crippen LogP contribution in [0.25, 0.3) is 10.9 Å². The molecule has 236 valence electrons. The Balaban J connectivity index is 1.75. The van der Waals surface area contributed by atoms with E-state index in [-0.39, 0.29) is 44.5 Å². The van der Waals surface area contributed by atoms with Crippen molar-refractivity contribution in [3.63, 3.8) is 0 Å².